The smallest absolute Gasteiger partial charge is 0.252 e. The fourth-order valence-electron chi connectivity index (χ4n) is 12.9. The van der Waals surface area contributed by atoms with Crippen LogP contribution in [0.4, 0.5) is 0 Å². The van der Waals surface area contributed by atoms with Crippen LogP contribution in [0.1, 0.15) is 105 Å². The molecule has 2 aliphatic rings. The Kier molecular flexibility index (Phi) is 9.16. The van der Waals surface area contributed by atoms with E-state index in [1.165, 1.54) is 143 Å². The van der Waals surface area contributed by atoms with Crippen molar-refractivity contribution in [2.24, 2.45) is 0 Å². The molecule has 0 spiro atoms. The third-order valence-electron chi connectivity index (χ3n) is 17.0. The molecular formula is C70H64BN3. The summed E-state index contributed by atoms with van der Waals surface area (Å²) in [7, 11) is 0. The molecule has 362 valence electrons. The molecule has 3 nitrogen and oxygen atoms in total. The van der Waals surface area contributed by atoms with Gasteiger partial charge < -0.3 is 13.7 Å². The van der Waals surface area contributed by atoms with Gasteiger partial charge in [-0.3, -0.25) is 0 Å². The molecule has 0 fully saturated rings. The molecular weight excluding hydrogens is 894 g/mol. The van der Waals surface area contributed by atoms with Gasteiger partial charge in [0.25, 0.3) is 6.71 Å². The van der Waals surface area contributed by atoms with E-state index in [0.29, 0.717) is 0 Å². The lowest BCUT2D eigenvalue weighted by molar-refractivity contribution is 0.590. The van der Waals surface area contributed by atoms with Crippen molar-refractivity contribution in [1.82, 2.24) is 13.7 Å². The van der Waals surface area contributed by atoms with Crippen molar-refractivity contribution in [3.8, 4) is 39.3 Å². The molecule has 0 radical (unpaired) electrons. The average Bonchev–Trinajstić information content (AvgIpc) is 4.03. The lowest BCUT2D eigenvalue weighted by Crippen LogP contribution is -2.59. The van der Waals surface area contributed by atoms with Gasteiger partial charge in [0.05, 0.1) is 27.8 Å². The number of hydrogen-bond acceptors (Lipinski definition) is 0. The Morgan fingerprint density at radius 1 is 0.297 bits per heavy atom. The summed E-state index contributed by atoms with van der Waals surface area (Å²) in [5.74, 6) is 0. The van der Waals surface area contributed by atoms with Crippen molar-refractivity contribution in [2.45, 2.75) is 105 Å². The summed E-state index contributed by atoms with van der Waals surface area (Å²) in [5, 5.41) is 7.77. The summed E-state index contributed by atoms with van der Waals surface area (Å²) in [6.07, 6.45) is 0. The minimum atomic E-state index is -0.0534. The van der Waals surface area contributed by atoms with Gasteiger partial charge in [0.2, 0.25) is 0 Å². The monoisotopic (exact) mass is 958 g/mol. The van der Waals surface area contributed by atoms with E-state index in [0.717, 1.165) is 0 Å². The van der Waals surface area contributed by atoms with Crippen molar-refractivity contribution in [3.05, 3.63) is 192 Å². The predicted octanol–water partition coefficient (Wildman–Crippen LogP) is 16.6. The summed E-state index contributed by atoms with van der Waals surface area (Å²) in [6.45, 7) is 28.0. The number of rotatable bonds is 3. The van der Waals surface area contributed by atoms with Gasteiger partial charge in [-0.15, -0.1) is 0 Å². The van der Waals surface area contributed by atoms with E-state index in [1.807, 2.05) is 0 Å². The summed E-state index contributed by atoms with van der Waals surface area (Å²) in [6, 6.07) is 66.4. The Balaban J connectivity index is 1.21. The molecule has 0 saturated heterocycles. The number of fused-ring (bicyclic) bond motifs is 13. The largest absolute Gasteiger partial charge is 0.310 e. The van der Waals surface area contributed by atoms with Crippen LogP contribution in [-0.4, -0.2) is 20.4 Å². The van der Waals surface area contributed by atoms with E-state index in [4.69, 9.17) is 0 Å². The highest BCUT2D eigenvalue weighted by atomic mass is 15.1. The molecule has 0 unspecified atom stereocenters. The molecule has 0 saturated carbocycles. The summed E-state index contributed by atoms with van der Waals surface area (Å²) < 4.78 is 7.95. The topological polar surface area (TPSA) is 14.8 Å². The first kappa shape index (κ1) is 45.1. The van der Waals surface area contributed by atoms with Crippen molar-refractivity contribution in [3.63, 3.8) is 0 Å². The molecule has 2 aliphatic heterocycles. The SMILES string of the molecule is CC(C)(C)c1ccc2c(c1)c1cc(-c3ccccc3)cc3c1n2-c1cc(-n2c4cc(C(C)(C)C)ccc4c4ccc(C(C)(C)C)cc42)cc2c1B3c1cc(-c3ccccc3)cc3c4cc(C(C)(C)C)ccc4n-2c13. The average molecular weight is 958 g/mol. The fourth-order valence-corrected chi connectivity index (χ4v) is 12.9. The number of hydrogen-bond donors (Lipinski definition) is 0. The Hall–Kier alpha value is -7.56. The van der Waals surface area contributed by atoms with Crippen LogP contribution in [-0.2, 0) is 21.7 Å². The maximum Gasteiger partial charge on any atom is 0.252 e. The van der Waals surface area contributed by atoms with Gasteiger partial charge in [0.15, 0.2) is 0 Å². The van der Waals surface area contributed by atoms with Gasteiger partial charge in [0.1, 0.15) is 0 Å². The highest BCUT2D eigenvalue weighted by Crippen LogP contribution is 2.45. The normalized spacial score (nSPS) is 13.6. The van der Waals surface area contributed by atoms with Gasteiger partial charge in [-0.1, -0.05) is 192 Å². The van der Waals surface area contributed by atoms with Gasteiger partial charge in [-0.2, -0.15) is 0 Å². The number of nitrogens with zero attached hydrogens (tertiary/aromatic N) is 3. The molecule has 0 N–H and O–H groups in total. The molecule has 0 bridgehead atoms. The first-order chi connectivity index (χ1) is 35.2. The molecule has 4 heteroatoms. The molecule has 5 heterocycles. The van der Waals surface area contributed by atoms with Crippen LogP contribution in [0.15, 0.2) is 170 Å². The van der Waals surface area contributed by atoms with Crippen molar-refractivity contribution in [1.29, 1.82) is 0 Å². The Morgan fingerprint density at radius 2 is 0.676 bits per heavy atom. The van der Waals surface area contributed by atoms with Crippen LogP contribution in [0.3, 0.4) is 0 Å². The lowest BCUT2D eigenvalue weighted by atomic mass is 9.34. The Morgan fingerprint density at radius 3 is 1.07 bits per heavy atom. The van der Waals surface area contributed by atoms with Crippen LogP contribution < -0.4 is 16.4 Å². The molecule has 0 amide bonds. The zero-order valence-corrected chi connectivity index (χ0v) is 45.1. The maximum absolute atomic E-state index is 2.67. The molecule has 14 rings (SSSR count). The zero-order valence-electron chi connectivity index (χ0n) is 45.1. The highest BCUT2D eigenvalue weighted by Gasteiger charge is 2.42. The minimum absolute atomic E-state index is 0.0261. The molecule has 9 aromatic carbocycles. The van der Waals surface area contributed by atoms with E-state index in [1.54, 1.807) is 0 Å². The van der Waals surface area contributed by atoms with Crippen LogP contribution in [0.2, 0.25) is 0 Å². The number of aromatic nitrogens is 3. The van der Waals surface area contributed by atoms with E-state index >= 15 is 0 Å². The van der Waals surface area contributed by atoms with Crippen molar-refractivity contribution >= 4 is 88.5 Å². The van der Waals surface area contributed by atoms with Gasteiger partial charge in [-0.25, -0.2) is 0 Å². The molecule has 0 atom stereocenters. The van der Waals surface area contributed by atoms with E-state index in [2.05, 4.69) is 267 Å². The lowest BCUT2D eigenvalue weighted by Gasteiger charge is -2.35. The summed E-state index contributed by atoms with van der Waals surface area (Å²) in [4.78, 5) is 0. The maximum atomic E-state index is 2.67. The third kappa shape index (κ3) is 6.46. The second-order valence-electron chi connectivity index (χ2n) is 25.9. The second kappa shape index (κ2) is 15.0. The van der Waals surface area contributed by atoms with Crippen molar-refractivity contribution in [2.75, 3.05) is 0 Å². The standard InChI is InChI=1S/C70H64BN3/c1-67(2,3)45-25-29-58-52(35-45)54-31-43(41-19-15-13-16-20-41)33-56-65(54)73(58)62-39-49(72-60-37-47(69(7,8)9)23-27-50(60)51-28-24-48(38-61(51)72)70(10,11)12)40-63-64(62)71(56)57-34-44(42-21-17-14-18-22-42)32-55-53-36-46(68(4,5)6)26-30-59(53)74(63)66(55)57/h13-40H,1-12H3. The fraction of sp³-hybridized carbons (Fsp3) is 0.229. The zero-order chi connectivity index (χ0) is 51.1. The van der Waals surface area contributed by atoms with Crippen molar-refractivity contribution < 1.29 is 0 Å². The molecule has 3 aromatic heterocycles. The van der Waals surface area contributed by atoms with Crippen LogP contribution in [0, 0.1) is 0 Å². The van der Waals surface area contributed by atoms with E-state index < -0.39 is 0 Å². The van der Waals surface area contributed by atoms with Crippen LogP contribution in [0.25, 0.3) is 105 Å². The first-order valence-electron chi connectivity index (χ1n) is 26.9. The minimum Gasteiger partial charge on any atom is -0.310 e. The second-order valence-corrected chi connectivity index (χ2v) is 25.9. The quantitative estimate of drug-likeness (QED) is 0.157. The highest BCUT2D eigenvalue weighted by molar-refractivity contribution is 7.00. The summed E-state index contributed by atoms with van der Waals surface area (Å²) >= 11 is 0. The summed E-state index contributed by atoms with van der Waals surface area (Å²) in [5.41, 5.74) is 25.5. The van der Waals surface area contributed by atoms with E-state index in [9.17, 15) is 0 Å². The van der Waals surface area contributed by atoms with Gasteiger partial charge in [-0.05, 0) is 143 Å². The van der Waals surface area contributed by atoms with Gasteiger partial charge in [0, 0.05) is 54.7 Å². The molecule has 12 aromatic rings. The van der Waals surface area contributed by atoms with Crippen LogP contribution in [0.5, 0.6) is 0 Å². The molecule has 74 heavy (non-hydrogen) atoms. The Labute approximate surface area is 436 Å². The number of benzene rings is 9. The third-order valence-corrected chi connectivity index (χ3v) is 17.0. The first-order valence-corrected chi connectivity index (χ1v) is 26.9. The molecule has 0 aliphatic carbocycles. The van der Waals surface area contributed by atoms with Crippen LogP contribution >= 0.6 is 0 Å². The van der Waals surface area contributed by atoms with E-state index in [-0.39, 0.29) is 28.4 Å². The van der Waals surface area contributed by atoms with Gasteiger partial charge >= 0.3 is 0 Å². The Bertz CT molecular complexity index is 4100. The predicted molar refractivity (Wildman–Crippen MR) is 320 cm³/mol.